The van der Waals surface area contributed by atoms with Crippen LogP contribution >= 0.6 is 0 Å². The number of likely N-dealkylation sites (N-methyl/N-ethyl adjacent to an activating group) is 1. The van der Waals surface area contributed by atoms with Crippen LogP contribution in [-0.4, -0.2) is 67.1 Å². The molecule has 1 aliphatic heterocycles. The van der Waals surface area contributed by atoms with Crippen LogP contribution in [0.15, 0.2) is 12.1 Å². The number of carbonyl (C=O) groups excluding carboxylic acids is 1. The van der Waals surface area contributed by atoms with Gasteiger partial charge in [0.05, 0.1) is 12.2 Å². The molecule has 0 radical (unpaired) electrons. The topological polar surface area (TPSA) is 53.0 Å². The number of carbonyl (C=O) groups is 1. The van der Waals surface area contributed by atoms with Crippen molar-refractivity contribution in [1.82, 2.24) is 9.80 Å². The zero-order valence-electron chi connectivity index (χ0n) is 16.6. The number of unbranched alkanes of at least 4 members (excludes halogenated alkanes) is 2. The fraction of sp³-hybridized carbons (Fsp3) is 0.667. The summed E-state index contributed by atoms with van der Waals surface area (Å²) in [5.41, 5.74) is 1.14. The van der Waals surface area contributed by atoms with Gasteiger partial charge >= 0.3 is 0 Å². The highest BCUT2D eigenvalue weighted by molar-refractivity contribution is 5.97. The lowest BCUT2D eigenvalue weighted by atomic mass is 10.0. The monoisotopic (exact) mass is 362 g/mol. The van der Waals surface area contributed by atoms with E-state index in [1.165, 1.54) is 46.1 Å². The van der Waals surface area contributed by atoms with E-state index in [1.54, 1.807) is 6.07 Å². The number of hydrogen-bond donors (Lipinski definition) is 1. The van der Waals surface area contributed by atoms with Crippen LogP contribution in [0.1, 0.15) is 55.5 Å². The van der Waals surface area contributed by atoms with E-state index in [9.17, 15) is 9.90 Å². The van der Waals surface area contributed by atoms with E-state index in [0.29, 0.717) is 24.3 Å². The Labute approximate surface area is 157 Å². The van der Waals surface area contributed by atoms with Crippen molar-refractivity contribution in [1.29, 1.82) is 0 Å². The molecule has 5 nitrogen and oxygen atoms in total. The highest BCUT2D eigenvalue weighted by Crippen LogP contribution is 2.33. The highest BCUT2D eigenvalue weighted by Gasteiger charge is 2.16. The van der Waals surface area contributed by atoms with E-state index in [0.717, 1.165) is 24.8 Å². The highest BCUT2D eigenvalue weighted by atomic mass is 16.5. The van der Waals surface area contributed by atoms with Gasteiger partial charge in [-0.25, -0.2) is 0 Å². The van der Waals surface area contributed by atoms with E-state index in [2.05, 4.69) is 23.8 Å². The average molecular weight is 363 g/mol. The first kappa shape index (κ1) is 20.7. The molecule has 0 bridgehead atoms. The summed E-state index contributed by atoms with van der Waals surface area (Å²) in [5.74, 6) is 0.690. The van der Waals surface area contributed by atoms with Crippen LogP contribution in [0.4, 0.5) is 0 Å². The molecule has 1 aromatic carbocycles. The minimum absolute atomic E-state index is 0.0897. The fourth-order valence-corrected chi connectivity index (χ4v) is 3.40. The first-order valence-corrected chi connectivity index (χ1v) is 9.92. The van der Waals surface area contributed by atoms with Crippen LogP contribution < -0.4 is 4.74 Å². The maximum absolute atomic E-state index is 11.6. The lowest BCUT2D eigenvalue weighted by Crippen LogP contribution is -2.44. The normalized spacial score (nSPS) is 16.0. The fourth-order valence-electron chi connectivity index (χ4n) is 3.40. The van der Waals surface area contributed by atoms with Gasteiger partial charge in [-0.15, -0.1) is 0 Å². The SMILES string of the molecule is CCCc1c(OCCCCCN2CCN(C)CC2)ccc(C(C)=O)c1O. The number of benzene rings is 1. The van der Waals surface area contributed by atoms with Crippen LogP contribution in [0.5, 0.6) is 11.5 Å². The Hall–Kier alpha value is -1.59. The molecule has 0 aliphatic carbocycles. The van der Waals surface area contributed by atoms with Crippen LogP contribution in [0.25, 0.3) is 0 Å². The molecule has 26 heavy (non-hydrogen) atoms. The predicted octanol–water partition coefficient (Wildman–Crippen LogP) is 3.34. The molecule has 2 rings (SSSR count). The zero-order chi connectivity index (χ0) is 18.9. The van der Waals surface area contributed by atoms with Gasteiger partial charge in [-0.05, 0) is 58.3 Å². The number of phenolic OH excluding ortho intramolecular Hbond substituents is 1. The Morgan fingerprint density at radius 3 is 2.54 bits per heavy atom. The molecule has 0 spiro atoms. The number of ketones is 1. The number of phenols is 1. The Bertz CT molecular complexity index is 581. The second-order valence-electron chi connectivity index (χ2n) is 7.30. The van der Waals surface area contributed by atoms with Gasteiger partial charge in [-0.1, -0.05) is 13.3 Å². The van der Waals surface area contributed by atoms with E-state index < -0.39 is 0 Å². The van der Waals surface area contributed by atoms with Gasteiger partial charge in [-0.3, -0.25) is 4.79 Å². The number of ether oxygens (including phenoxy) is 1. The summed E-state index contributed by atoms with van der Waals surface area (Å²) in [6, 6.07) is 3.49. The van der Waals surface area contributed by atoms with Gasteiger partial charge in [-0.2, -0.15) is 0 Å². The van der Waals surface area contributed by atoms with Crippen molar-refractivity contribution in [2.24, 2.45) is 0 Å². The number of piperazine rings is 1. The van der Waals surface area contributed by atoms with Gasteiger partial charge in [0.25, 0.3) is 0 Å². The minimum Gasteiger partial charge on any atom is -0.507 e. The second kappa shape index (κ2) is 10.5. The largest absolute Gasteiger partial charge is 0.507 e. The predicted molar refractivity (Wildman–Crippen MR) is 105 cm³/mol. The van der Waals surface area contributed by atoms with E-state index in [1.807, 2.05) is 6.07 Å². The smallest absolute Gasteiger partial charge is 0.163 e. The van der Waals surface area contributed by atoms with Crippen LogP contribution in [-0.2, 0) is 6.42 Å². The van der Waals surface area contributed by atoms with Gasteiger partial charge in [0.1, 0.15) is 11.5 Å². The molecule has 5 heteroatoms. The van der Waals surface area contributed by atoms with Crippen LogP contribution in [0.3, 0.4) is 0 Å². The first-order chi connectivity index (χ1) is 12.5. The Morgan fingerprint density at radius 2 is 1.88 bits per heavy atom. The van der Waals surface area contributed by atoms with Crippen LogP contribution in [0, 0.1) is 0 Å². The van der Waals surface area contributed by atoms with Crippen molar-refractivity contribution in [2.75, 3.05) is 46.4 Å². The maximum atomic E-state index is 11.6. The Kier molecular flexibility index (Phi) is 8.39. The van der Waals surface area contributed by atoms with E-state index in [4.69, 9.17) is 4.74 Å². The third kappa shape index (κ3) is 5.99. The quantitative estimate of drug-likeness (QED) is 0.511. The summed E-state index contributed by atoms with van der Waals surface area (Å²) < 4.78 is 5.92. The summed E-state index contributed by atoms with van der Waals surface area (Å²) in [4.78, 5) is 16.5. The van der Waals surface area contributed by atoms with E-state index >= 15 is 0 Å². The lowest BCUT2D eigenvalue weighted by Gasteiger charge is -2.32. The van der Waals surface area contributed by atoms with Gasteiger partial charge < -0.3 is 19.6 Å². The maximum Gasteiger partial charge on any atom is 0.163 e. The van der Waals surface area contributed by atoms with Crippen molar-refractivity contribution in [3.05, 3.63) is 23.3 Å². The molecule has 0 amide bonds. The molecule has 0 unspecified atom stereocenters. The average Bonchev–Trinajstić information content (AvgIpc) is 2.62. The molecule has 1 saturated heterocycles. The first-order valence-electron chi connectivity index (χ1n) is 9.92. The molecule has 1 N–H and O–H groups in total. The number of hydrogen-bond acceptors (Lipinski definition) is 5. The molecule has 1 fully saturated rings. The lowest BCUT2D eigenvalue weighted by molar-refractivity contribution is 0.101. The molecule has 146 valence electrons. The van der Waals surface area contributed by atoms with Gasteiger partial charge in [0.15, 0.2) is 5.78 Å². The molecular weight excluding hydrogens is 328 g/mol. The molecule has 0 atom stereocenters. The summed E-state index contributed by atoms with van der Waals surface area (Å²) in [6.07, 6.45) is 4.97. The number of nitrogens with zero attached hydrogens (tertiary/aromatic N) is 2. The number of aromatic hydroxyl groups is 1. The molecule has 1 heterocycles. The number of Topliss-reactive ketones (excluding diaryl/α,β-unsaturated/α-hetero) is 1. The second-order valence-corrected chi connectivity index (χ2v) is 7.30. The standard InChI is InChI=1S/C21H34N2O3/c1-4-8-19-20(10-9-18(17(2)24)21(19)25)26-16-7-5-6-11-23-14-12-22(3)13-15-23/h9-10,25H,4-8,11-16H2,1-3H3. The van der Waals surface area contributed by atoms with Gasteiger partial charge in [0, 0.05) is 31.7 Å². The van der Waals surface area contributed by atoms with Crippen molar-refractivity contribution in [3.63, 3.8) is 0 Å². The Balaban J connectivity index is 1.75. The third-order valence-corrected chi connectivity index (χ3v) is 5.09. The molecule has 1 aliphatic rings. The van der Waals surface area contributed by atoms with Crippen molar-refractivity contribution in [2.45, 2.75) is 46.0 Å². The molecule has 0 aromatic heterocycles. The van der Waals surface area contributed by atoms with Crippen molar-refractivity contribution >= 4 is 5.78 Å². The summed E-state index contributed by atoms with van der Waals surface area (Å²) in [7, 11) is 2.18. The van der Waals surface area contributed by atoms with Gasteiger partial charge in [0.2, 0.25) is 0 Å². The summed E-state index contributed by atoms with van der Waals surface area (Å²) >= 11 is 0. The molecular formula is C21H34N2O3. The summed E-state index contributed by atoms with van der Waals surface area (Å²) in [6.45, 7) is 10.0. The Morgan fingerprint density at radius 1 is 1.15 bits per heavy atom. The number of rotatable bonds is 10. The van der Waals surface area contributed by atoms with E-state index in [-0.39, 0.29) is 11.5 Å². The van der Waals surface area contributed by atoms with Crippen LogP contribution in [0.2, 0.25) is 0 Å². The zero-order valence-corrected chi connectivity index (χ0v) is 16.6. The molecule has 0 saturated carbocycles. The van der Waals surface area contributed by atoms with Crippen molar-refractivity contribution < 1.29 is 14.6 Å². The summed E-state index contributed by atoms with van der Waals surface area (Å²) in [5, 5.41) is 10.4. The minimum atomic E-state index is -0.115. The van der Waals surface area contributed by atoms with Crippen molar-refractivity contribution in [3.8, 4) is 11.5 Å². The molecule has 1 aromatic rings. The third-order valence-electron chi connectivity index (χ3n) is 5.09.